The lowest BCUT2D eigenvalue weighted by Gasteiger charge is -2.31. The first-order chi connectivity index (χ1) is 8.03. The van der Waals surface area contributed by atoms with Crippen LogP contribution in [-0.4, -0.2) is 41.3 Å². The lowest BCUT2D eigenvalue weighted by Crippen LogP contribution is -2.58. The van der Waals surface area contributed by atoms with Gasteiger partial charge in [-0.15, -0.1) is 4.90 Å². The molecule has 1 aliphatic heterocycles. The molecule has 1 heterocycles. The van der Waals surface area contributed by atoms with Crippen LogP contribution in [0.25, 0.3) is 0 Å². The van der Waals surface area contributed by atoms with Crippen LogP contribution in [0.5, 0.6) is 0 Å². The molecule has 114 valence electrons. The maximum atomic E-state index is 12.6. The van der Waals surface area contributed by atoms with Crippen LogP contribution in [0.2, 0.25) is 0 Å². The first-order valence-corrected chi connectivity index (χ1v) is 4.04. The van der Waals surface area contributed by atoms with Crippen molar-refractivity contribution in [3.63, 3.8) is 0 Å². The number of nitrogens with zero attached hydrogens (tertiary/aromatic N) is 1. The second-order valence-corrected chi connectivity index (χ2v) is 3.48. The van der Waals surface area contributed by atoms with Gasteiger partial charge in [0.2, 0.25) is 0 Å². The van der Waals surface area contributed by atoms with Crippen LogP contribution >= 0.6 is 0 Å². The van der Waals surface area contributed by atoms with Gasteiger partial charge in [-0.1, -0.05) is 0 Å². The molecule has 0 radical (unpaired) electrons. The lowest BCUT2D eigenvalue weighted by atomic mass is 10.2. The van der Waals surface area contributed by atoms with Crippen LogP contribution < -0.4 is 0 Å². The summed E-state index contributed by atoms with van der Waals surface area (Å²) in [5.74, 6) is -13.8. The molecule has 1 unspecified atom stereocenters. The summed E-state index contributed by atoms with van der Waals surface area (Å²) in [5, 5.41) is 0. The largest absolute Gasteiger partial charge is 0.433 e. The van der Waals surface area contributed by atoms with E-state index in [9.17, 15) is 52.7 Å². The van der Waals surface area contributed by atoms with Crippen LogP contribution in [0.3, 0.4) is 0 Å². The van der Waals surface area contributed by atoms with Crippen molar-refractivity contribution in [2.24, 2.45) is 0 Å². The standard InChI is InChI=1S/C6HF12N/c7-1(2(8,9)10)19-5(15,16)3(11,12)4(13,14)6(19,17)18/h1H. The molecule has 0 aliphatic carbocycles. The van der Waals surface area contributed by atoms with Crippen LogP contribution in [-0.2, 0) is 0 Å². The van der Waals surface area contributed by atoms with E-state index in [0.717, 1.165) is 0 Å². The SMILES string of the molecule is FC(N1C(F)(F)C(F)(F)C(F)(F)C1(F)F)C(F)(F)F. The van der Waals surface area contributed by atoms with E-state index in [2.05, 4.69) is 0 Å². The first-order valence-electron chi connectivity index (χ1n) is 4.04. The van der Waals surface area contributed by atoms with Crippen molar-refractivity contribution in [3.8, 4) is 0 Å². The molecule has 0 spiro atoms. The maximum absolute atomic E-state index is 12.6. The summed E-state index contributed by atoms with van der Waals surface area (Å²) in [6, 6.07) is -13.5. The average Bonchev–Trinajstić information content (AvgIpc) is 2.19. The fraction of sp³-hybridized carbons (Fsp3) is 1.00. The van der Waals surface area contributed by atoms with Crippen molar-refractivity contribution in [2.45, 2.75) is 36.4 Å². The molecule has 0 saturated carbocycles. The van der Waals surface area contributed by atoms with Gasteiger partial charge in [0.25, 0.3) is 6.30 Å². The van der Waals surface area contributed by atoms with Gasteiger partial charge in [-0.2, -0.15) is 48.3 Å². The fourth-order valence-corrected chi connectivity index (χ4v) is 1.29. The molecule has 0 N–H and O–H groups in total. The zero-order chi connectivity index (χ0) is 15.7. The minimum Gasteiger partial charge on any atom is -0.219 e. The van der Waals surface area contributed by atoms with Crippen molar-refractivity contribution in [1.82, 2.24) is 4.90 Å². The monoisotopic (exact) mass is 315 g/mol. The molecule has 1 atom stereocenters. The Hall–Kier alpha value is -0.880. The van der Waals surface area contributed by atoms with Crippen LogP contribution in [0.4, 0.5) is 52.7 Å². The maximum Gasteiger partial charge on any atom is 0.433 e. The number of hydrogen-bond donors (Lipinski definition) is 0. The zero-order valence-electron chi connectivity index (χ0n) is 8.06. The summed E-state index contributed by atoms with van der Waals surface area (Å²) >= 11 is 0. The molecule has 0 amide bonds. The Morgan fingerprint density at radius 2 is 0.947 bits per heavy atom. The minimum atomic E-state index is -6.89. The number of hydrogen-bond acceptors (Lipinski definition) is 1. The summed E-state index contributed by atoms with van der Waals surface area (Å²) < 4.78 is 148. The van der Waals surface area contributed by atoms with Crippen LogP contribution in [0, 0.1) is 0 Å². The predicted molar refractivity (Wildman–Crippen MR) is 32.6 cm³/mol. The molecule has 1 aliphatic rings. The van der Waals surface area contributed by atoms with Crippen molar-refractivity contribution >= 4 is 0 Å². The highest BCUT2D eigenvalue weighted by Gasteiger charge is 2.95. The molecule has 1 nitrogen and oxygen atoms in total. The van der Waals surface area contributed by atoms with Gasteiger partial charge in [-0.05, 0) is 0 Å². The normalized spacial score (nSPS) is 30.3. The van der Waals surface area contributed by atoms with Crippen LogP contribution in [0.1, 0.15) is 0 Å². The highest BCUT2D eigenvalue weighted by molar-refractivity contribution is 5.13. The molecule has 13 heteroatoms. The topological polar surface area (TPSA) is 3.24 Å². The van der Waals surface area contributed by atoms with E-state index in [1.807, 2.05) is 0 Å². The van der Waals surface area contributed by atoms with Gasteiger partial charge in [0.05, 0.1) is 0 Å². The Bertz CT molecular complexity index is 343. The quantitative estimate of drug-likeness (QED) is 0.528. The Labute approximate surface area is 95.3 Å². The third-order valence-corrected chi connectivity index (χ3v) is 2.25. The molecule has 1 saturated heterocycles. The van der Waals surface area contributed by atoms with Gasteiger partial charge in [0, 0.05) is 0 Å². The predicted octanol–water partition coefficient (Wildman–Crippen LogP) is 3.62. The minimum absolute atomic E-state index is 3.17. The molecule has 0 aromatic carbocycles. The van der Waals surface area contributed by atoms with Crippen molar-refractivity contribution in [3.05, 3.63) is 0 Å². The fourth-order valence-electron chi connectivity index (χ4n) is 1.29. The Balaban J connectivity index is 3.48. The van der Waals surface area contributed by atoms with Crippen molar-refractivity contribution in [1.29, 1.82) is 0 Å². The molecule has 1 rings (SSSR count). The van der Waals surface area contributed by atoms with E-state index in [0.29, 0.717) is 0 Å². The van der Waals surface area contributed by atoms with Gasteiger partial charge in [0.15, 0.2) is 0 Å². The highest BCUT2D eigenvalue weighted by Crippen LogP contribution is 2.64. The van der Waals surface area contributed by atoms with Gasteiger partial charge < -0.3 is 0 Å². The Morgan fingerprint density at radius 1 is 0.684 bits per heavy atom. The summed E-state index contributed by atoms with van der Waals surface area (Å²) in [5.41, 5.74) is 0. The highest BCUT2D eigenvalue weighted by atomic mass is 19.4. The number of halogens is 12. The molecular weight excluding hydrogens is 314 g/mol. The van der Waals surface area contributed by atoms with E-state index in [-0.39, 0.29) is 0 Å². The van der Waals surface area contributed by atoms with E-state index in [1.165, 1.54) is 0 Å². The number of alkyl halides is 12. The Kier molecular flexibility index (Phi) is 3.07. The van der Waals surface area contributed by atoms with Crippen molar-refractivity contribution in [2.75, 3.05) is 0 Å². The van der Waals surface area contributed by atoms with E-state index in [4.69, 9.17) is 0 Å². The smallest absolute Gasteiger partial charge is 0.219 e. The molecule has 0 aromatic heterocycles. The lowest BCUT2D eigenvalue weighted by molar-refractivity contribution is -0.350. The second-order valence-electron chi connectivity index (χ2n) is 3.48. The van der Waals surface area contributed by atoms with Crippen molar-refractivity contribution < 1.29 is 52.7 Å². The first kappa shape index (κ1) is 16.2. The molecule has 19 heavy (non-hydrogen) atoms. The number of rotatable bonds is 1. The van der Waals surface area contributed by atoms with E-state index in [1.54, 1.807) is 0 Å². The van der Waals surface area contributed by atoms with Crippen LogP contribution in [0.15, 0.2) is 0 Å². The summed E-state index contributed by atoms with van der Waals surface area (Å²) in [7, 11) is 0. The third kappa shape index (κ3) is 1.69. The van der Waals surface area contributed by atoms with Gasteiger partial charge >= 0.3 is 30.1 Å². The van der Waals surface area contributed by atoms with Gasteiger partial charge in [0.1, 0.15) is 0 Å². The van der Waals surface area contributed by atoms with Gasteiger partial charge in [-0.25, -0.2) is 4.39 Å². The third-order valence-electron chi connectivity index (χ3n) is 2.25. The molecule has 1 fully saturated rings. The molecule has 0 aromatic rings. The summed E-state index contributed by atoms with van der Waals surface area (Å²) in [4.78, 5) is -3.17. The number of likely N-dealkylation sites (tertiary alicyclic amines) is 1. The van der Waals surface area contributed by atoms with E-state index >= 15 is 0 Å². The molecule has 0 bridgehead atoms. The molecular formula is C6HF12N. The average molecular weight is 315 g/mol. The van der Waals surface area contributed by atoms with Gasteiger partial charge in [-0.3, -0.25) is 0 Å². The zero-order valence-corrected chi connectivity index (χ0v) is 8.06. The second kappa shape index (κ2) is 3.61. The summed E-state index contributed by atoms with van der Waals surface area (Å²) in [6.45, 7) is 0. The Morgan fingerprint density at radius 3 is 1.16 bits per heavy atom. The van der Waals surface area contributed by atoms with E-state index < -0.39 is 41.3 Å². The summed E-state index contributed by atoms with van der Waals surface area (Å²) in [6.07, 6.45) is -11.9.